The molecular weight excluding hydrogens is 508 g/mol. The lowest BCUT2D eigenvalue weighted by Gasteiger charge is -2.15. The molecule has 29 heavy (non-hydrogen) atoms. The number of esters is 1. The average Bonchev–Trinajstić information content (AvgIpc) is 2.55. The number of carbonyl (C=O) groups is 1. The molecule has 1 N–H and O–H groups in total. The molecule has 0 aromatic heterocycles. The van der Waals surface area contributed by atoms with E-state index in [4.69, 9.17) is 51.1 Å². The summed E-state index contributed by atoms with van der Waals surface area (Å²) < 4.78 is 30.8. The van der Waals surface area contributed by atoms with Crippen LogP contribution in [0.15, 0.2) is 24.3 Å². The number of aliphatic hydroxyl groups excluding tert-OH is 1. The van der Waals surface area contributed by atoms with E-state index in [9.17, 15) is 18.7 Å². The maximum atomic E-state index is 13.1. The van der Waals surface area contributed by atoms with Crippen LogP contribution in [0, 0.1) is 11.6 Å². The highest BCUT2D eigenvalue weighted by atomic mass is 35.5. The van der Waals surface area contributed by atoms with E-state index in [2.05, 4.69) is 0 Å². The average molecular weight is 525 g/mol. The van der Waals surface area contributed by atoms with Crippen molar-refractivity contribution in [2.45, 2.75) is 33.0 Å². The number of ether oxygens (including phenoxy) is 1. The summed E-state index contributed by atoms with van der Waals surface area (Å²) in [5.41, 5.74) is 0.520. The summed E-state index contributed by atoms with van der Waals surface area (Å²) >= 11 is 22.8. The van der Waals surface area contributed by atoms with Gasteiger partial charge in [0.05, 0.1) is 16.1 Å². The van der Waals surface area contributed by atoms with Gasteiger partial charge in [-0.25, -0.2) is 8.78 Å². The van der Waals surface area contributed by atoms with Crippen LogP contribution in [-0.4, -0.2) is 11.1 Å². The van der Waals surface area contributed by atoms with E-state index in [0.717, 1.165) is 12.1 Å². The van der Waals surface area contributed by atoms with Crippen molar-refractivity contribution in [2.75, 3.05) is 0 Å². The molecule has 11 heteroatoms. The minimum absolute atomic E-state index is 0. The first-order valence-electron chi connectivity index (χ1n) is 7.59. The Hall–Kier alpha value is -0.410. The van der Waals surface area contributed by atoms with Crippen molar-refractivity contribution in [3.8, 4) is 0 Å². The fraction of sp³-hybridized carbons (Fsp3) is 0.278. The van der Waals surface area contributed by atoms with Gasteiger partial charge in [0.1, 0.15) is 17.7 Å². The third kappa shape index (κ3) is 8.69. The zero-order valence-corrected chi connectivity index (χ0v) is 20.1. The van der Waals surface area contributed by atoms with Crippen molar-refractivity contribution in [1.29, 1.82) is 0 Å². The molecule has 0 spiro atoms. The molecular formula is C18H17Cl4F2O3S2-3. The highest BCUT2D eigenvalue weighted by Gasteiger charge is 2.19. The van der Waals surface area contributed by atoms with Crippen molar-refractivity contribution in [3.63, 3.8) is 0 Å². The molecule has 0 saturated heterocycles. The Morgan fingerprint density at radius 3 is 1.66 bits per heavy atom. The molecule has 0 saturated carbocycles. The van der Waals surface area contributed by atoms with Crippen LogP contribution in [0.4, 0.5) is 8.78 Å². The normalized spacial score (nSPS) is 11.8. The molecule has 0 aliphatic carbocycles. The van der Waals surface area contributed by atoms with Gasteiger partial charge in [0, 0.05) is 28.1 Å². The van der Waals surface area contributed by atoms with E-state index >= 15 is 0 Å². The van der Waals surface area contributed by atoms with Crippen molar-refractivity contribution in [3.05, 3.63) is 67.1 Å². The number of hydrogen-bond acceptors (Lipinski definition) is 4. The van der Waals surface area contributed by atoms with E-state index < -0.39 is 29.8 Å². The lowest BCUT2D eigenvalue weighted by molar-refractivity contribution is -0.145. The minimum Gasteiger partial charge on any atom is -2.00 e. The maximum Gasteiger partial charge on any atom is 0.303 e. The number of aliphatic hydroxyl groups is 1. The Balaban J connectivity index is 0. The number of halogens is 6. The number of hydrogen-bond donors (Lipinski definition) is 1. The molecule has 0 bridgehead atoms. The maximum absolute atomic E-state index is 13.1. The topological polar surface area (TPSA) is 46.5 Å². The van der Waals surface area contributed by atoms with Gasteiger partial charge in [0.25, 0.3) is 0 Å². The summed E-state index contributed by atoms with van der Waals surface area (Å²) in [5.74, 6) is -1.63. The molecule has 2 rings (SSSR count). The highest BCUT2D eigenvalue weighted by Crippen LogP contribution is 2.34. The monoisotopic (exact) mass is 523 g/mol. The molecule has 164 valence electrons. The Kier molecular flexibility index (Phi) is 14.7. The second-order valence-electron chi connectivity index (χ2n) is 5.44. The predicted octanol–water partition coefficient (Wildman–Crippen LogP) is 6.67. The molecule has 0 aliphatic rings. The lowest BCUT2D eigenvalue weighted by atomic mass is 10.1. The number of rotatable bonds is 3. The minimum atomic E-state index is -0.860. The summed E-state index contributed by atoms with van der Waals surface area (Å²) in [4.78, 5) is 10.7. The Bertz CT molecular complexity index is 839. The van der Waals surface area contributed by atoms with Crippen LogP contribution in [0.5, 0.6) is 0 Å². The van der Waals surface area contributed by atoms with Gasteiger partial charge in [0.2, 0.25) is 0 Å². The molecule has 0 unspecified atom stereocenters. The van der Waals surface area contributed by atoms with Gasteiger partial charge >= 0.3 is 5.97 Å². The Labute approximate surface area is 202 Å². The standard InChI is InChI=1S/C10H9Cl2FO2.C8H7Cl2FO.H2S.S/c1-5(15-6(2)14)9-7(11)3-4-8(13)10(9)12;1-4(12)7-5(9)2-3-6(11)8(7)10;;/h3-5H,1-2H3;2-4,12H,1H3;1H2;/q;;;-2/p-1/t5-;4-;;/m00../s1. The molecule has 0 fully saturated rings. The van der Waals surface area contributed by atoms with Crippen molar-refractivity contribution < 1.29 is 23.4 Å². The second-order valence-corrected chi connectivity index (χ2v) is 7.01. The third-order valence-electron chi connectivity index (χ3n) is 3.33. The Morgan fingerprint density at radius 2 is 1.31 bits per heavy atom. The van der Waals surface area contributed by atoms with Gasteiger partial charge in [-0.3, -0.25) is 4.79 Å². The summed E-state index contributed by atoms with van der Waals surface area (Å²) in [6, 6.07) is 5.06. The first kappa shape index (κ1) is 30.8. The lowest BCUT2D eigenvalue weighted by Crippen LogP contribution is -2.06. The quantitative estimate of drug-likeness (QED) is 0.211. The van der Waals surface area contributed by atoms with Crippen molar-refractivity contribution in [2.24, 2.45) is 0 Å². The molecule has 0 aliphatic heterocycles. The van der Waals surface area contributed by atoms with Crippen molar-refractivity contribution in [1.82, 2.24) is 0 Å². The second kappa shape index (κ2) is 13.8. The first-order chi connectivity index (χ1) is 12.5. The van der Waals surface area contributed by atoms with Crippen LogP contribution < -0.4 is 0 Å². The number of benzene rings is 2. The van der Waals surface area contributed by atoms with Gasteiger partial charge in [0.15, 0.2) is 0 Å². The zero-order chi connectivity index (χ0) is 20.9. The molecule has 3 nitrogen and oxygen atoms in total. The summed E-state index contributed by atoms with van der Waals surface area (Å²) in [5, 5.41) is 9.49. The van der Waals surface area contributed by atoms with Gasteiger partial charge in [-0.2, -0.15) is 0 Å². The van der Waals surface area contributed by atoms with E-state index in [1.54, 1.807) is 6.92 Å². The molecule has 0 heterocycles. The summed E-state index contributed by atoms with van der Waals surface area (Å²) in [6.07, 6.45) is -1.53. The molecule has 2 aromatic carbocycles. The van der Waals surface area contributed by atoms with Crippen molar-refractivity contribution >= 4 is 79.4 Å². The molecule has 2 atom stereocenters. The van der Waals surface area contributed by atoms with Crippen LogP contribution in [0.25, 0.3) is 0 Å². The van der Waals surface area contributed by atoms with E-state index in [0.29, 0.717) is 0 Å². The third-order valence-corrected chi connectivity index (χ3v) is 4.75. The van der Waals surface area contributed by atoms with E-state index in [-0.39, 0.29) is 58.2 Å². The van der Waals surface area contributed by atoms with E-state index in [1.807, 2.05) is 0 Å². The largest absolute Gasteiger partial charge is 2.00 e. The van der Waals surface area contributed by atoms with Gasteiger partial charge < -0.3 is 36.8 Å². The Morgan fingerprint density at radius 1 is 0.931 bits per heavy atom. The number of carbonyl (C=O) groups excluding carboxylic acids is 1. The van der Waals surface area contributed by atoms with Crippen LogP contribution in [0.2, 0.25) is 20.1 Å². The summed E-state index contributed by atoms with van der Waals surface area (Å²) in [6.45, 7) is 4.32. The van der Waals surface area contributed by atoms with Crippen LogP contribution in [-0.2, 0) is 36.5 Å². The first-order valence-corrected chi connectivity index (χ1v) is 9.10. The smallest absolute Gasteiger partial charge is 0.303 e. The predicted molar refractivity (Wildman–Crippen MR) is 120 cm³/mol. The molecule has 0 radical (unpaired) electrons. The zero-order valence-electron chi connectivity index (χ0n) is 15.4. The van der Waals surface area contributed by atoms with Gasteiger partial charge in [-0.15, -0.1) is 0 Å². The molecule has 0 amide bonds. The fourth-order valence-corrected chi connectivity index (χ4v) is 3.51. The van der Waals surface area contributed by atoms with Gasteiger partial charge in [-0.05, 0) is 38.1 Å². The van der Waals surface area contributed by atoms with Crippen LogP contribution >= 0.6 is 46.4 Å². The highest BCUT2D eigenvalue weighted by molar-refractivity contribution is 7.37. The fourth-order valence-electron chi connectivity index (χ4n) is 2.15. The van der Waals surface area contributed by atoms with Gasteiger partial charge in [-0.1, -0.05) is 46.4 Å². The number of thiol groups is 1. The molecule has 2 aromatic rings. The van der Waals surface area contributed by atoms with Crippen LogP contribution in [0.1, 0.15) is 44.1 Å². The van der Waals surface area contributed by atoms with Crippen LogP contribution in [0.3, 0.4) is 0 Å². The summed E-state index contributed by atoms with van der Waals surface area (Å²) in [7, 11) is 0. The van der Waals surface area contributed by atoms with E-state index in [1.165, 1.54) is 26.0 Å². The SMILES string of the molecule is CC(=O)O[C@@H](C)c1c(Cl)ccc(F)c1Cl.C[C@H](O)c1c(Cl)ccc(F)c1Cl.[S-2].[SH-].